The predicted molar refractivity (Wildman–Crippen MR) is 215 cm³/mol. The fourth-order valence-electron chi connectivity index (χ4n) is 5.46. The fraction of sp³-hybridized carbons (Fsp3) is 0.476. The zero-order chi connectivity index (χ0) is 55.8. The molecule has 0 saturated carbocycles. The first-order valence-corrected chi connectivity index (χ1v) is 21.1. The Balaban J connectivity index is 1.75. The second kappa shape index (κ2) is 31.4. The van der Waals surface area contributed by atoms with Crippen LogP contribution < -0.4 is 19.5 Å². The maximum atomic E-state index is 14.1. The monoisotopic (exact) mass is 1110 g/mol. The molecule has 75 heavy (non-hydrogen) atoms. The third-order valence-corrected chi connectivity index (χ3v) is 9.04. The highest BCUT2D eigenvalue weighted by molar-refractivity contribution is 5.77. The van der Waals surface area contributed by atoms with E-state index in [-0.39, 0.29) is 59.4 Å². The first-order chi connectivity index (χ1) is 35.6. The van der Waals surface area contributed by atoms with E-state index >= 15 is 0 Å². The molecule has 3 aromatic rings. The number of azide groups is 1. The Morgan fingerprint density at radius 3 is 0.920 bits per heavy atom. The van der Waals surface area contributed by atoms with Crippen molar-refractivity contribution in [3.05, 3.63) is 97.7 Å². The van der Waals surface area contributed by atoms with Gasteiger partial charge in [-0.1, -0.05) is 5.11 Å². The number of hydrogen-bond acceptors (Lipinski definition) is 15. The van der Waals surface area contributed by atoms with E-state index in [4.69, 9.17) is 38.7 Å². The van der Waals surface area contributed by atoms with Crippen LogP contribution in [0.1, 0.15) is 25.7 Å². The normalized spacial score (nSPS) is 11.4. The van der Waals surface area contributed by atoms with Gasteiger partial charge in [0.15, 0.2) is 0 Å². The van der Waals surface area contributed by atoms with Crippen LogP contribution in [0.5, 0.6) is 17.2 Å². The lowest BCUT2D eigenvalue weighted by atomic mass is 10.0. The maximum Gasteiger partial charge on any atom is 0.313 e. The lowest BCUT2D eigenvalue weighted by Crippen LogP contribution is -2.59. The maximum absolute atomic E-state index is 14.1. The van der Waals surface area contributed by atoms with E-state index in [1.54, 1.807) is 0 Å². The molecular weight excluding hydrogens is 1070 g/mol. The number of nitrogens with one attached hydrogen (secondary N) is 1. The molecule has 33 heteroatoms. The van der Waals surface area contributed by atoms with Crippen LogP contribution in [0, 0.1) is 87.3 Å². The molecule has 0 aliphatic carbocycles. The topological polar surface area (TPSA) is 221 Å². The molecule has 3 rings (SSSR count). The van der Waals surface area contributed by atoms with E-state index < -0.39 is 199 Å². The summed E-state index contributed by atoms with van der Waals surface area (Å²) in [6.45, 7) is -4.99. The van der Waals surface area contributed by atoms with Crippen molar-refractivity contribution in [2.75, 3.05) is 99.0 Å². The highest BCUT2D eigenvalue weighted by Gasteiger charge is 2.36. The van der Waals surface area contributed by atoms with E-state index in [1.807, 2.05) is 0 Å². The molecule has 0 saturated heterocycles. The van der Waals surface area contributed by atoms with Crippen LogP contribution in [0.25, 0.3) is 10.4 Å². The molecule has 3 aromatic carbocycles. The summed E-state index contributed by atoms with van der Waals surface area (Å²) in [6, 6.07) is 0. The summed E-state index contributed by atoms with van der Waals surface area (Å²) in [7, 11) is 0. The highest BCUT2D eigenvalue weighted by Crippen LogP contribution is 2.32. The number of ether oxygens (including phenoxy) is 10. The molecule has 0 aliphatic heterocycles. The molecule has 0 bridgehead atoms. The molecule has 0 unspecified atom stereocenters. The van der Waals surface area contributed by atoms with Crippen LogP contribution in [0.15, 0.2) is 5.11 Å². The van der Waals surface area contributed by atoms with Crippen molar-refractivity contribution < 1.29 is 132 Å². The highest BCUT2D eigenvalue weighted by atomic mass is 19.2. The van der Waals surface area contributed by atoms with Gasteiger partial charge in [-0.2, -0.15) is 26.3 Å². The van der Waals surface area contributed by atoms with Crippen LogP contribution in [-0.4, -0.2) is 128 Å². The van der Waals surface area contributed by atoms with Crippen LogP contribution >= 0.6 is 0 Å². The number of halogens is 15. The molecular formula is C42H39F15N4O14. The predicted octanol–water partition coefficient (Wildman–Crippen LogP) is 6.73. The summed E-state index contributed by atoms with van der Waals surface area (Å²) in [5.41, 5.74) is 6.06. The third kappa shape index (κ3) is 19.0. The van der Waals surface area contributed by atoms with Crippen molar-refractivity contribution in [1.82, 2.24) is 5.32 Å². The first kappa shape index (κ1) is 62.8. The number of carbonyl (C=O) groups is 4. The van der Waals surface area contributed by atoms with Crippen LogP contribution in [0.3, 0.4) is 0 Å². The Labute approximate surface area is 411 Å². The largest absolute Gasteiger partial charge is 0.420 e. The van der Waals surface area contributed by atoms with Crippen molar-refractivity contribution in [3.63, 3.8) is 0 Å². The molecule has 416 valence electrons. The van der Waals surface area contributed by atoms with Crippen molar-refractivity contribution in [1.29, 1.82) is 0 Å². The fourth-order valence-corrected chi connectivity index (χ4v) is 5.46. The van der Waals surface area contributed by atoms with Crippen molar-refractivity contribution in [2.45, 2.75) is 31.2 Å². The Morgan fingerprint density at radius 2 is 0.627 bits per heavy atom. The molecule has 0 aromatic heterocycles. The van der Waals surface area contributed by atoms with Gasteiger partial charge in [-0.25, -0.2) is 39.5 Å². The summed E-state index contributed by atoms with van der Waals surface area (Å²) in [4.78, 5) is 53.1. The van der Waals surface area contributed by atoms with Crippen LogP contribution in [0.4, 0.5) is 65.9 Å². The summed E-state index contributed by atoms with van der Waals surface area (Å²) < 4.78 is 257. The van der Waals surface area contributed by atoms with E-state index in [1.165, 1.54) is 0 Å². The molecule has 0 atom stereocenters. The number of esters is 3. The summed E-state index contributed by atoms with van der Waals surface area (Å²) in [5, 5.41) is 5.67. The van der Waals surface area contributed by atoms with Gasteiger partial charge in [-0.15, -0.1) is 0 Å². The van der Waals surface area contributed by atoms with Gasteiger partial charge in [0.05, 0.1) is 112 Å². The van der Waals surface area contributed by atoms with Crippen molar-refractivity contribution in [3.8, 4) is 17.2 Å². The van der Waals surface area contributed by atoms with Crippen molar-refractivity contribution >= 4 is 23.8 Å². The molecule has 0 heterocycles. The van der Waals surface area contributed by atoms with Gasteiger partial charge in [0.2, 0.25) is 110 Å². The minimum Gasteiger partial charge on any atom is -0.420 e. The zero-order valence-corrected chi connectivity index (χ0v) is 38.2. The SMILES string of the molecule is [N-]=[N+]=NCCOCCOCCOCCOCCC(=O)NC(COCCC(=O)Oc1c(F)c(F)c(F)c(F)c1F)(COCCC(=O)Oc1c(F)c(F)c(F)c(F)c1F)COCCC(=O)Oc1c(F)c(F)c(F)c(F)c1F. The summed E-state index contributed by atoms with van der Waals surface area (Å²) >= 11 is 0. The van der Waals surface area contributed by atoms with Crippen molar-refractivity contribution in [2.24, 2.45) is 5.11 Å². The Bertz CT molecular complexity index is 2220. The van der Waals surface area contributed by atoms with Gasteiger partial charge in [0.1, 0.15) is 5.54 Å². The minimum atomic E-state index is -2.58. The van der Waals surface area contributed by atoms with Gasteiger partial charge < -0.3 is 52.7 Å². The van der Waals surface area contributed by atoms with E-state index in [0.29, 0.717) is 0 Å². The molecule has 0 aliphatic rings. The Kier molecular flexibility index (Phi) is 26.3. The zero-order valence-electron chi connectivity index (χ0n) is 38.2. The molecule has 1 amide bonds. The number of nitrogens with zero attached hydrogens (tertiary/aromatic N) is 3. The molecule has 1 N–H and O–H groups in total. The quantitative estimate of drug-likeness (QED) is 0.00754. The summed E-state index contributed by atoms with van der Waals surface area (Å²) in [5.74, 6) is -49.6. The van der Waals surface area contributed by atoms with Gasteiger partial charge in [-0.05, 0) is 5.53 Å². The van der Waals surface area contributed by atoms with Gasteiger partial charge in [-0.3, -0.25) is 19.2 Å². The number of carbonyl (C=O) groups excluding carboxylic acids is 4. The standard InChI is InChI=1S/C42H39F15N4O14/c43-24-27(46)33(52)39(34(53)28(24)47)73-21(63)2-7-70-17-42(18-71-8-3-22(64)74-40-35(54)29(48)25(44)30(49)36(40)55,19-72-9-4-23(65)75-41-37(56)31(50)26(45)32(51)38(41)57)60-20(62)1-6-66-11-13-68-15-16-69-14-12-67-10-5-59-61-58/h1-19H2,(H,60,62). The second-order valence-corrected chi connectivity index (χ2v) is 14.5. The van der Waals surface area contributed by atoms with E-state index in [0.717, 1.165) is 0 Å². The smallest absolute Gasteiger partial charge is 0.313 e. The average molecular weight is 1110 g/mol. The molecule has 0 spiro atoms. The number of rotatable bonds is 34. The Hall–Kier alpha value is -6.48. The molecule has 0 fully saturated rings. The van der Waals surface area contributed by atoms with Crippen LogP contribution in [-0.2, 0) is 52.3 Å². The van der Waals surface area contributed by atoms with Crippen LogP contribution in [0.2, 0.25) is 0 Å². The second-order valence-electron chi connectivity index (χ2n) is 14.5. The lowest BCUT2D eigenvalue weighted by molar-refractivity contribution is -0.138. The minimum absolute atomic E-state index is 0.0145. The third-order valence-electron chi connectivity index (χ3n) is 9.04. The Morgan fingerprint density at radius 1 is 0.373 bits per heavy atom. The molecule has 18 nitrogen and oxygen atoms in total. The number of hydrogen-bond donors (Lipinski definition) is 1. The van der Waals surface area contributed by atoms with E-state index in [2.05, 4.69) is 29.6 Å². The lowest BCUT2D eigenvalue weighted by Gasteiger charge is -2.34. The first-order valence-electron chi connectivity index (χ1n) is 21.1. The van der Waals surface area contributed by atoms with E-state index in [9.17, 15) is 85.0 Å². The van der Waals surface area contributed by atoms with Gasteiger partial charge in [0.25, 0.3) is 0 Å². The number of benzene rings is 3. The number of amides is 1. The van der Waals surface area contributed by atoms with Gasteiger partial charge in [0, 0.05) is 17.9 Å². The molecule has 0 radical (unpaired) electrons. The average Bonchev–Trinajstić information content (AvgIpc) is 3.39. The summed E-state index contributed by atoms with van der Waals surface area (Å²) in [6.07, 6.45) is -3.67. The van der Waals surface area contributed by atoms with Gasteiger partial charge >= 0.3 is 17.9 Å².